The van der Waals surface area contributed by atoms with Gasteiger partial charge in [-0.3, -0.25) is 24.5 Å². The van der Waals surface area contributed by atoms with Crippen molar-refractivity contribution in [3.05, 3.63) is 0 Å². The second-order valence-electron chi connectivity index (χ2n) is 10.1. The number of aliphatic carboxylic acids is 3. The summed E-state index contributed by atoms with van der Waals surface area (Å²) in [5.41, 5.74) is 0. The number of rotatable bonds is 9. The van der Waals surface area contributed by atoms with Crippen molar-refractivity contribution in [3.8, 4) is 0 Å². The van der Waals surface area contributed by atoms with E-state index in [-0.39, 0.29) is 70.5 Å². The fraction of sp³-hybridized carbons (Fsp3) is 0.885. The standard InChI is InChI=1S/C26H49N5O10.Gd.2H2O/c32-24(33)20-28-5-2-27(3-6-29(21-25(34)35)8-10-30(9-7-28)22-26(36)37)4-11-31-12-15-39-17-19-40-18-16-38-13-1-14-41-23-31;;;/h1-23H2,(H,32,33)(H,34,35)(H,36,37);;2*1H2/q;+3;;/p-3. The van der Waals surface area contributed by atoms with Gasteiger partial charge in [0.1, 0.15) is 0 Å². The van der Waals surface area contributed by atoms with Crippen molar-refractivity contribution in [1.82, 2.24) is 24.5 Å². The van der Waals surface area contributed by atoms with E-state index < -0.39 is 17.9 Å². The summed E-state index contributed by atoms with van der Waals surface area (Å²) in [7, 11) is 0. The third kappa shape index (κ3) is 23.6. The molecule has 2 heterocycles. The number of hydrogen-bond acceptors (Lipinski definition) is 15. The molecular weight excluding hydrogens is 732 g/mol. The number of ether oxygens (including phenoxy) is 4. The molecule has 17 nitrogen and oxygen atoms in total. The monoisotopic (exact) mass is 782 g/mol. The number of nitrogens with zero attached hydrogens (tertiary/aromatic N) is 5. The summed E-state index contributed by atoms with van der Waals surface area (Å²) in [6.45, 7) is 8.42. The Bertz CT molecular complexity index is 712. The molecule has 0 amide bonds. The van der Waals surface area contributed by atoms with Crippen LogP contribution in [-0.2, 0) is 33.3 Å². The molecule has 0 aliphatic carbocycles. The van der Waals surface area contributed by atoms with Crippen molar-refractivity contribution in [1.29, 1.82) is 0 Å². The van der Waals surface area contributed by atoms with Gasteiger partial charge in [0.15, 0.2) is 0 Å². The Kier molecular flexibility index (Phi) is 29.4. The van der Waals surface area contributed by atoms with Crippen LogP contribution in [-0.4, -0.2) is 198 Å². The van der Waals surface area contributed by atoms with Gasteiger partial charge in [0.25, 0.3) is 0 Å². The van der Waals surface area contributed by atoms with Crippen molar-refractivity contribution >= 4 is 17.9 Å². The van der Waals surface area contributed by atoms with E-state index in [0.717, 1.165) is 6.42 Å². The smallest absolute Gasteiger partial charge is 0.549 e. The summed E-state index contributed by atoms with van der Waals surface area (Å²) in [4.78, 5) is 43.4. The van der Waals surface area contributed by atoms with E-state index in [4.69, 9.17) is 18.9 Å². The van der Waals surface area contributed by atoms with Gasteiger partial charge in [0.2, 0.25) is 0 Å². The van der Waals surface area contributed by atoms with Crippen LogP contribution >= 0.6 is 0 Å². The minimum atomic E-state index is -1.25. The van der Waals surface area contributed by atoms with Crippen LogP contribution in [0.4, 0.5) is 0 Å². The number of carbonyl (C=O) groups is 3. The number of hydrogen-bond donors (Lipinski definition) is 0. The summed E-state index contributed by atoms with van der Waals surface area (Å²) in [5.74, 6) is -3.66. The topological polar surface area (TPSA) is 237 Å². The Morgan fingerprint density at radius 1 is 0.455 bits per heavy atom. The second-order valence-corrected chi connectivity index (χ2v) is 10.1. The molecule has 2 fully saturated rings. The van der Waals surface area contributed by atoms with E-state index in [1.807, 2.05) is 0 Å². The molecule has 4 N–H and O–H groups in total. The van der Waals surface area contributed by atoms with Crippen LogP contribution in [0.15, 0.2) is 0 Å². The number of carboxylic acid groups (broad SMARTS) is 3. The Hall–Kier alpha value is -0.705. The fourth-order valence-corrected chi connectivity index (χ4v) is 4.54. The van der Waals surface area contributed by atoms with E-state index in [2.05, 4.69) is 9.80 Å². The average molecular weight is 782 g/mol. The van der Waals surface area contributed by atoms with Crippen molar-refractivity contribution in [2.24, 2.45) is 0 Å². The first-order chi connectivity index (χ1) is 19.8. The van der Waals surface area contributed by atoms with E-state index >= 15 is 0 Å². The normalized spacial score (nSPS) is 21.0. The first kappa shape index (κ1) is 45.4. The van der Waals surface area contributed by atoms with Crippen molar-refractivity contribution in [2.45, 2.75) is 6.42 Å². The van der Waals surface area contributed by atoms with Crippen molar-refractivity contribution in [3.63, 3.8) is 0 Å². The van der Waals surface area contributed by atoms with Crippen LogP contribution in [0, 0.1) is 39.9 Å². The fourth-order valence-electron chi connectivity index (χ4n) is 4.54. The van der Waals surface area contributed by atoms with E-state index in [1.165, 1.54) is 0 Å². The van der Waals surface area contributed by atoms with Gasteiger partial charge in [-0.25, -0.2) is 0 Å². The van der Waals surface area contributed by atoms with Gasteiger partial charge in [-0.2, -0.15) is 0 Å². The van der Waals surface area contributed by atoms with Crippen LogP contribution in [0.3, 0.4) is 0 Å². The molecule has 0 unspecified atom stereocenters. The predicted molar refractivity (Wildman–Crippen MR) is 147 cm³/mol. The summed E-state index contributed by atoms with van der Waals surface area (Å²) in [6.07, 6.45) is 0.777. The molecule has 0 spiro atoms. The molecule has 0 aromatic heterocycles. The first-order valence-electron chi connectivity index (χ1n) is 14.3. The Morgan fingerprint density at radius 3 is 1.23 bits per heavy atom. The summed E-state index contributed by atoms with van der Waals surface area (Å²) < 4.78 is 22.6. The number of carbonyl (C=O) groups excluding carboxylic acids is 3. The molecule has 0 aromatic rings. The van der Waals surface area contributed by atoms with E-state index in [0.29, 0.717) is 125 Å². The molecule has 2 rings (SSSR count). The van der Waals surface area contributed by atoms with Gasteiger partial charge in [-0.15, -0.1) is 0 Å². The molecule has 0 saturated carbocycles. The maximum Gasteiger partial charge on any atom is 3.00 e. The van der Waals surface area contributed by atoms with Crippen molar-refractivity contribution < 1.29 is 99.5 Å². The third-order valence-corrected chi connectivity index (χ3v) is 6.87. The molecule has 44 heavy (non-hydrogen) atoms. The summed E-state index contributed by atoms with van der Waals surface area (Å²) >= 11 is 0. The van der Waals surface area contributed by atoms with Gasteiger partial charge >= 0.3 is 39.9 Å². The summed E-state index contributed by atoms with van der Waals surface area (Å²) in [5, 5.41) is 34.0. The molecule has 0 aromatic carbocycles. The quantitative estimate of drug-likeness (QED) is 0.211. The summed E-state index contributed by atoms with van der Waals surface area (Å²) in [6, 6.07) is 0. The molecule has 259 valence electrons. The molecule has 1 radical (unpaired) electrons. The molecular formula is C26H50GdN5O12. The van der Waals surface area contributed by atoms with Crippen LogP contribution in [0.25, 0.3) is 0 Å². The number of carboxylic acids is 3. The molecule has 2 aliphatic heterocycles. The maximum absolute atomic E-state index is 11.4. The largest absolute Gasteiger partial charge is 3.00 e. The Balaban J connectivity index is 0. The van der Waals surface area contributed by atoms with Gasteiger partial charge in [-0.05, 0) is 6.42 Å². The van der Waals surface area contributed by atoms with E-state index in [9.17, 15) is 29.7 Å². The van der Waals surface area contributed by atoms with Gasteiger partial charge in [-0.1, -0.05) is 0 Å². The van der Waals surface area contributed by atoms with Crippen LogP contribution in [0.5, 0.6) is 0 Å². The van der Waals surface area contributed by atoms with Gasteiger partial charge in [0.05, 0.1) is 64.3 Å². The molecule has 2 saturated heterocycles. The van der Waals surface area contributed by atoms with Crippen LogP contribution < -0.4 is 15.3 Å². The van der Waals surface area contributed by atoms with E-state index in [1.54, 1.807) is 14.7 Å². The maximum atomic E-state index is 11.4. The zero-order valence-electron chi connectivity index (χ0n) is 25.4. The van der Waals surface area contributed by atoms with Crippen LogP contribution in [0.1, 0.15) is 6.42 Å². The van der Waals surface area contributed by atoms with Crippen molar-refractivity contribution in [2.75, 3.05) is 145 Å². The minimum absolute atomic E-state index is 0. The second kappa shape index (κ2) is 28.5. The molecule has 2 aliphatic rings. The van der Waals surface area contributed by atoms with Crippen LogP contribution in [0.2, 0.25) is 0 Å². The third-order valence-electron chi connectivity index (χ3n) is 6.87. The molecule has 0 atom stereocenters. The predicted octanol–water partition coefficient (Wildman–Crippen LogP) is -7.46. The van der Waals surface area contributed by atoms with Gasteiger partial charge in [0, 0.05) is 98.2 Å². The SMILES string of the molecule is O.O.O=C([O-])CN1CCN(CCN2CCOCCOCCOCCCOC2)CCN(CC(=O)[O-])CCN(CC(=O)[O-])CC1.[Gd+3]. The zero-order valence-corrected chi connectivity index (χ0v) is 27.7. The first-order valence-corrected chi connectivity index (χ1v) is 14.3. The van der Waals surface area contributed by atoms with Gasteiger partial charge < -0.3 is 59.6 Å². The minimum Gasteiger partial charge on any atom is -0.549 e. The molecule has 0 bridgehead atoms. The Morgan fingerprint density at radius 2 is 0.795 bits per heavy atom. The molecule has 18 heteroatoms. The average Bonchev–Trinajstić information content (AvgIpc) is 2.92. The Labute approximate surface area is 291 Å². The zero-order chi connectivity index (χ0) is 29.7.